The molecule has 0 saturated heterocycles. The lowest BCUT2D eigenvalue weighted by molar-refractivity contribution is -0.384. The lowest BCUT2D eigenvalue weighted by atomic mass is 9.83. The summed E-state index contributed by atoms with van der Waals surface area (Å²) in [5.74, 6) is 1.08. The first-order valence-corrected chi connectivity index (χ1v) is 13.0. The third-order valence-electron chi connectivity index (χ3n) is 7.11. The number of methoxy groups -OCH3 is 2. The number of allylic oxidation sites excluding steroid dienone is 1. The van der Waals surface area contributed by atoms with Crippen LogP contribution >= 0.6 is 11.3 Å². The molecule has 1 aromatic heterocycles. The van der Waals surface area contributed by atoms with Gasteiger partial charge < -0.3 is 14.6 Å². The molecule has 1 aliphatic carbocycles. The summed E-state index contributed by atoms with van der Waals surface area (Å²) in [4.78, 5) is 30.2. The molecule has 0 fully saturated rings. The topological polar surface area (TPSA) is 116 Å². The second kappa shape index (κ2) is 9.55. The van der Waals surface area contributed by atoms with E-state index in [9.17, 15) is 20.0 Å². The summed E-state index contributed by atoms with van der Waals surface area (Å²) in [6.45, 7) is 0. The normalized spacial score (nSPS) is 16.2. The van der Waals surface area contributed by atoms with Crippen LogP contribution in [-0.4, -0.2) is 28.8 Å². The maximum Gasteiger partial charge on any atom is 0.271 e. The van der Waals surface area contributed by atoms with Crippen molar-refractivity contribution in [3.8, 4) is 17.2 Å². The minimum atomic E-state index is -0.543. The van der Waals surface area contributed by atoms with E-state index >= 15 is 0 Å². The Labute approximate surface area is 226 Å². The molecule has 0 amide bonds. The number of thiazole rings is 1. The van der Waals surface area contributed by atoms with Gasteiger partial charge >= 0.3 is 0 Å². The van der Waals surface area contributed by atoms with Crippen LogP contribution in [0.1, 0.15) is 34.7 Å². The zero-order valence-electron chi connectivity index (χ0n) is 21.1. The van der Waals surface area contributed by atoms with Crippen LogP contribution in [0.4, 0.5) is 5.69 Å². The van der Waals surface area contributed by atoms with Crippen molar-refractivity contribution < 1.29 is 19.5 Å². The minimum Gasteiger partial charge on any atom is -0.507 e. The molecule has 0 saturated carbocycles. The molecule has 2 aliphatic rings. The number of fused-ring (bicyclic) bond motifs is 3. The van der Waals surface area contributed by atoms with Gasteiger partial charge in [0, 0.05) is 28.8 Å². The highest BCUT2D eigenvalue weighted by Crippen LogP contribution is 2.44. The Morgan fingerprint density at radius 2 is 1.92 bits per heavy atom. The molecule has 0 radical (unpaired) electrons. The standard InChI is InChI=1S/C29H23N3O6S/c1-37-19-9-12-24(38-2)22(15-19)27-21-10-7-16-5-3-4-6-20(16)26(21)30-29-31(27)28(34)25(39-29)14-17-13-18(32(35)36)8-11-23(17)33/h3-6,8-9,11-15,27,33H,7,10H2,1-2H3/b25-14+/t27-/m1/s1. The molecule has 6 rings (SSSR count). The molecule has 0 bridgehead atoms. The largest absolute Gasteiger partial charge is 0.507 e. The number of aromatic nitrogens is 1. The number of ether oxygens (including phenoxy) is 2. The first-order chi connectivity index (χ1) is 18.9. The summed E-state index contributed by atoms with van der Waals surface area (Å²) in [6, 6.07) is 16.8. The predicted molar refractivity (Wildman–Crippen MR) is 147 cm³/mol. The molecule has 4 aromatic rings. The molecule has 1 N–H and O–H groups in total. The van der Waals surface area contributed by atoms with Crippen LogP contribution in [0, 0.1) is 10.1 Å². The maximum absolute atomic E-state index is 14.0. The van der Waals surface area contributed by atoms with Crippen LogP contribution in [-0.2, 0) is 6.42 Å². The van der Waals surface area contributed by atoms with Crippen LogP contribution in [0.15, 0.2) is 76.0 Å². The Hall–Kier alpha value is -4.70. The first-order valence-electron chi connectivity index (χ1n) is 12.2. The number of hydrogen-bond donors (Lipinski definition) is 1. The van der Waals surface area contributed by atoms with Crippen LogP contribution < -0.4 is 24.4 Å². The van der Waals surface area contributed by atoms with E-state index in [1.165, 1.54) is 41.2 Å². The number of nitro groups is 1. The molecule has 0 unspecified atom stereocenters. The fourth-order valence-electron chi connectivity index (χ4n) is 5.26. The summed E-state index contributed by atoms with van der Waals surface area (Å²) in [5, 5.41) is 21.7. The van der Waals surface area contributed by atoms with E-state index in [0.717, 1.165) is 28.8 Å². The minimum absolute atomic E-state index is 0.161. The van der Waals surface area contributed by atoms with Crippen molar-refractivity contribution in [3.05, 3.63) is 118 Å². The molecule has 9 nitrogen and oxygen atoms in total. The van der Waals surface area contributed by atoms with Crippen LogP contribution in [0.3, 0.4) is 0 Å². The van der Waals surface area contributed by atoms with Crippen molar-refractivity contribution in [3.63, 3.8) is 0 Å². The van der Waals surface area contributed by atoms with Gasteiger partial charge in [0.15, 0.2) is 4.80 Å². The molecular weight excluding hydrogens is 518 g/mol. The Morgan fingerprint density at radius 1 is 1.10 bits per heavy atom. The number of aryl methyl sites for hydroxylation is 1. The van der Waals surface area contributed by atoms with Gasteiger partial charge in [-0.25, -0.2) is 4.99 Å². The fourth-order valence-corrected chi connectivity index (χ4v) is 6.26. The third kappa shape index (κ3) is 4.09. The summed E-state index contributed by atoms with van der Waals surface area (Å²) in [5.41, 5.74) is 4.50. The van der Waals surface area contributed by atoms with E-state index in [1.807, 2.05) is 36.4 Å². The number of nitro benzene ring substituents is 1. The van der Waals surface area contributed by atoms with E-state index in [-0.39, 0.29) is 22.6 Å². The van der Waals surface area contributed by atoms with Gasteiger partial charge in [0.2, 0.25) is 0 Å². The number of phenolic OH excluding ortho intramolecular Hbond substituents is 1. The van der Waals surface area contributed by atoms with Crippen LogP contribution in [0.5, 0.6) is 17.2 Å². The van der Waals surface area contributed by atoms with Gasteiger partial charge in [0.05, 0.1) is 35.4 Å². The highest BCUT2D eigenvalue weighted by Gasteiger charge is 2.34. The average Bonchev–Trinajstić information content (AvgIpc) is 3.26. The zero-order chi connectivity index (χ0) is 27.3. The van der Waals surface area contributed by atoms with Crippen LogP contribution in [0.25, 0.3) is 11.8 Å². The van der Waals surface area contributed by atoms with E-state index in [2.05, 4.69) is 6.07 Å². The van der Waals surface area contributed by atoms with Crippen molar-refractivity contribution in [2.45, 2.75) is 18.9 Å². The molecule has 1 atom stereocenters. The van der Waals surface area contributed by atoms with Gasteiger partial charge in [-0.1, -0.05) is 35.6 Å². The monoisotopic (exact) mass is 541 g/mol. The first kappa shape index (κ1) is 24.6. The van der Waals surface area contributed by atoms with Crippen molar-refractivity contribution in [1.29, 1.82) is 0 Å². The fraction of sp³-hybridized carbons (Fsp3) is 0.172. The smallest absolute Gasteiger partial charge is 0.271 e. The SMILES string of the molecule is COc1ccc(OC)c([C@H]2C3=C(N=c4s/c(=C/c5cc([N+](=O)[O-])ccc5O)c(=O)n42)c2ccccc2CC3)c1. The summed E-state index contributed by atoms with van der Waals surface area (Å²) in [6.07, 6.45) is 2.98. The van der Waals surface area contributed by atoms with Gasteiger partial charge in [0.25, 0.3) is 11.2 Å². The second-order valence-electron chi connectivity index (χ2n) is 9.22. The Morgan fingerprint density at radius 3 is 2.69 bits per heavy atom. The Kier molecular flexibility index (Phi) is 6.03. The number of aromatic hydroxyl groups is 1. The predicted octanol–water partition coefficient (Wildman–Crippen LogP) is 3.95. The molecule has 3 aromatic carbocycles. The molecule has 39 heavy (non-hydrogen) atoms. The average molecular weight is 542 g/mol. The van der Waals surface area contributed by atoms with Gasteiger partial charge in [-0.2, -0.15) is 0 Å². The Balaban J connectivity index is 1.65. The lowest BCUT2D eigenvalue weighted by Crippen LogP contribution is -2.39. The molecule has 0 spiro atoms. The maximum atomic E-state index is 14.0. The van der Waals surface area contributed by atoms with E-state index < -0.39 is 11.0 Å². The summed E-state index contributed by atoms with van der Waals surface area (Å²) >= 11 is 1.17. The van der Waals surface area contributed by atoms with Crippen LogP contribution in [0.2, 0.25) is 0 Å². The van der Waals surface area contributed by atoms with Crippen molar-refractivity contribution in [2.24, 2.45) is 4.99 Å². The zero-order valence-corrected chi connectivity index (χ0v) is 21.9. The number of phenols is 1. The highest BCUT2D eigenvalue weighted by atomic mass is 32.1. The third-order valence-corrected chi connectivity index (χ3v) is 8.10. The second-order valence-corrected chi connectivity index (χ2v) is 10.2. The quantitative estimate of drug-likeness (QED) is 0.302. The number of benzene rings is 3. The molecule has 2 heterocycles. The number of rotatable bonds is 5. The lowest BCUT2D eigenvalue weighted by Gasteiger charge is -2.31. The number of hydrogen-bond acceptors (Lipinski definition) is 8. The van der Waals surface area contributed by atoms with Gasteiger partial charge in [-0.15, -0.1) is 0 Å². The molecular formula is C29H23N3O6S. The Bertz CT molecular complexity index is 1870. The van der Waals surface area contributed by atoms with E-state index in [0.29, 0.717) is 27.3 Å². The summed E-state index contributed by atoms with van der Waals surface area (Å²) < 4.78 is 13.2. The molecule has 10 heteroatoms. The van der Waals surface area contributed by atoms with Crippen molar-refractivity contribution in [1.82, 2.24) is 4.57 Å². The van der Waals surface area contributed by atoms with Crippen molar-refractivity contribution in [2.75, 3.05) is 14.2 Å². The van der Waals surface area contributed by atoms with E-state index in [1.54, 1.807) is 18.8 Å². The summed E-state index contributed by atoms with van der Waals surface area (Å²) in [7, 11) is 3.18. The van der Waals surface area contributed by atoms with Gasteiger partial charge in [-0.05, 0) is 54.3 Å². The van der Waals surface area contributed by atoms with Gasteiger partial charge in [0.1, 0.15) is 17.2 Å². The number of nitrogens with zero attached hydrogens (tertiary/aromatic N) is 3. The van der Waals surface area contributed by atoms with E-state index in [4.69, 9.17) is 14.5 Å². The molecule has 196 valence electrons. The molecule has 1 aliphatic heterocycles. The van der Waals surface area contributed by atoms with Gasteiger partial charge in [-0.3, -0.25) is 19.5 Å². The van der Waals surface area contributed by atoms with Crippen molar-refractivity contribution >= 4 is 28.8 Å². The number of non-ortho nitro benzene ring substituents is 1. The highest BCUT2D eigenvalue weighted by molar-refractivity contribution is 7.07.